The lowest BCUT2D eigenvalue weighted by Crippen LogP contribution is -2.54. The molecule has 5 aliphatic rings. The van der Waals surface area contributed by atoms with Gasteiger partial charge in [-0.2, -0.15) is 0 Å². The van der Waals surface area contributed by atoms with Crippen LogP contribution in [0.5, 0.6) is 0 Å². The van der Waals surface area contributed by atoms with E-state index in [1.165, 1.54) is 19.1 Å². The van der Waals surface area contributed by atoms with Crippen molar-refractivity contribution in [2.45, 2.75) is 88.6 Å². The summed E-state index contributed by atoms with van der Waals surface area (Å²) >= 11 is 0. The number of alkyl carbamates (subject to hydrolysis) is 1. The van der Waals surface area contributed by atoms with E-state index >= 15 is 0 Å². The Labute approximate surface area is 375 Å². The van der Waals surface area contributed by atoms with Crippen molar-refractivity contribution < 1.29 is 33.8 Å². The number of likely N-dealkylation sites (N-methyl/N-ethyl adjacent to an activating group) is 1. The molecule has 4 amide bonds. The van der Waals surface area contributed by atoms with Crippen molar-refractivity contribution in [3.05, 3.63) is 83.4 Å². The Hall–Kier alpha value is -6.66. The third-order valence-corrected chi connectivity index (χ3v) is 14.7. The molecule has 15 heteroatoms. The van der Waals surface area contributed by atoms with E-state index in [9.17, 15) is 24.3 Å². The fourth-order valence-corrected chi connectivity index (χ4v) is 11.1. The summed E-state index contributed by atoms with van der Waals surface area (Å²) in [5.74, 6) is 8.58. The predicted octanol–water partition coefficient (Wildman–Crippen LogP) is 7.25. The van der Waals surface area contributed by atoms with Gasteiger partial charge in [0.15, 0.2) is 0 Å². The highest BCUT2D eigenvalue weighted by Gasteiger charge is 2.58. The number of hydrogen-bond acceptors (Lipinski definition) is 8. The SMILES string of the molecule is COC(=O)N[C@H](C(=O)N1[C@@H]2C[C@@H]2C[C@H]1c1nc2c(ccc3cc(C#Cc4ccc5c(ccc6[nH]c([C@@H]7C[C@H]8C[C@H]8N7C(=O)[C@H](C7CCOCC7)N(C)C(=O)O)nc65)c4)ccc32)[nH]1)C(C)C. The molecule has 5 fully saturated rings. The number of piperidine rings is 2. The zero-order valence-corrected chi connectivity index (χ0v) is 36.8. The molecule has 4 N–H and O–H groups in total. The number of imidazole rings is 2. The monoisotopic (exact) mass is 876 g/mol. The molecule has 0 spiro atoms. The summed E-state index contributed by atoms with van der Waals surface area (Å²) in [4.78, 5) is 75.0. The summed E-state index contributed by atoms with van der Waals surface area (Å²) in [7, 11) is 2.81. The second-order valence-corrected chi connectivity index (χ2v) is 19.1. The van der Waals surface area contributed by atoms with E-state index in [1.54, 1.807) is 0 Å². The van der Waals surface area contributed by atoms with Crippen molar-refractivity contribution in [2.24, 2.45) is 23.7 Å². The zero-order valence-electron chi connectivity index (χ0n) is 36.8. The van der Waals surface area contributed by atoms with Crippen LogP contribution in [0.25, 0.3) is 43.6 Å². The number of hydrogen-bond donors (Lipinski definition) is 4. The maximum Gasteiger partial charge on any atom is 0.407 e. The van der Waals surface area contributed by atoms with Crippen molar-refractivity contribution in [1.82, 2.24) is 40.0 Å². The van der Waals surface area contributed by atoms with Gasteiger partial charge in [0.2, 0.25) is 11.8 Å². The Bertz CT molecular complexity index is 3000. The first kappa shape index (κ1) is 41.1. The van der Waals surface area contributed by atoms with Gasteiger partial charge in [0.25, 0.3) is 0 Å². The van der Waals surface area contributed by atoms with E-state index in [0.717, 1.165) is 92.1 Å². The normalized spacial score (nSPS) is 24.4. The van der Waals surface area contributed by atoms with Crippen LogP contribution in [0, 0.1) is 35.5 Å². The van der Waals surface area contributed by atoms with Crippen molar-refractivity contribution >= 4 is 67.6 Å². The van der Waals surface area contributed by atoms with Crippen molar-refractivity contribution in [3.8, 4) is 11.8 Å². The first-order chi connectivity index (χ1) is 31.4. The minimum Gasteiger partial charge on any atom is -0.465 e. The number of fused-ring (bicyclic) bond motifs is 8. The number of ether oxygens (including phenoxy) is 2. The third-order valence-electron chi connectivity index (χ3n) is 14.7. The Morgan fingerprint density at radius 2 is 1.31 bits per heavy atom. The number of aromatic amines is 2. The minimum absolute atomic E-state index is 0.0979. The summed E-state index contributed by atoms with van der Waals surface area (Å²) in [5, 5.41) is 16.7. The number of nitrogens with zero attached hydrogens (tertiary/aromatic N) is 5. The van der Waals surface area contributed by atoms with E-state index < -0.39 is 24.3 Å². The van der Waals surface area contributed by atoms with Crippen LogP contribution in [0.3, 0.4) is 0 Å². The van der Waals surface area contributed by atoms with E-state index in [-0.39, 0.29) is 47.8 Å². The predicted molar refractivity (Wildman–Crippen MR) is 243 cm³/mol. The maximum atomic E-state index is 14.4. The lowest BCUT2D eigenvalue weighted by Gasteiger charge is -2.38. The van der Waals surface area contributed by atoms with Crippen LogP contribution in [0.4, 0.5) is 9.59 Å². The summed E-state index contributed by atoms with van der Waals surface area (Å²) in [6, 6.07) is 18.8. The van der Waals surface area contributed by atoms with Crippen LogP contribution in [0.2, 0.25) is 0 Å². The van der Waals surface area contributed by atoms with Gasteiger partial charge in [-0.1, -0.05) is 50.0 Å². The van der Waals surface area contributed by atoms with Gasteiger partial charge < -0.3 is 39.7 Å². The van der Waals surface area contributed by atoms with E-state index in [4.69, 9.17) is 19.4 Å². The molecule has 3 aliphatic heterocycles. The highest BCUT2D eigenvalue weighted by atomic mass is 16.5. The smallest absolute Gasteiger partial charge is 0.407 e. The molecule has 6 aromatic rings. The number of nitrogens with one attached hydrogen (secondary N) is 3. The number of amides is 4. The highest BCUT2D eigenvalue weighted by Crippen LogP contribution is 2.55. The molecule has 0 unspecified atom stereocenters. The average Bonchev–Trinajstić information content (AvgIpc) is 3.95. The zero-order chi connectivity index (χ0) is 44.8. The molecule has 8 atom stereocenters. The Morgan fingerprint density at radius 3 is 1.80 bits per heavy atom. The first-order valence-electron chi connectivity index (χ1n) is 22.8. The lowest BCUT2D eigenvalue weighted by atomic mass is 9.89. The van der Waals surface area contributed by atoms with Crippen LogP contribution >= 0.6 is 0 Å². The van der Waals surface area contributed by atoms with E-state index in [1.807, 2.05) is 47.9 Å². The molecule has 4 aromatic carbocycles. The van der Waals surface area contributed by atoms with Gasteiger partial charge in [-0.15, -0.1) is 0 Å². The summed E-state index contributed by atoms with van der Waals surface area (Å²) in [5.41, 5.74) is 5.19. The molecule has 3 saturated heterocycles. The van der Waals surface area contributed by atoms with Crippen LogP contribution in [0.1, 0.15) is 87.2 Å². The fourth-order valence-electron chi connectivity index (χ4n) is 11.1. The Kier molecular flexibility index (Phi) is 9.98. The molecular formula is C50H52N8O7. The number of methoxy groups -OCH3 is 1. The number of carboxylic acid groups (broad SMARTS) is 1. The van der Waals surface area contributed by atoms with Crippen LogP contribution in [0.15, 0.2) is 60.7 Å². The standard InChI is InChI=1S/C50H52N8O7/c1-25(2)41(55-49(61)64-4)47(59)57-37-21-31(37)23-39(57)45-51-35-13-9-29-19-26(7-11-33(29)42(35)53-45)5-6-27-8-12-34-30(20-27)10-14-36-43(34)54-46(52-36)40-24-32-22-38(32)58(40)48(60)44(56(3)50(62)63)28-15-17-65-18-16-28/h7-14,19-20,25,28,31-32,37-41,44H,15-18,21-24H2,1-4H3,(H,51,53)(H,52,54)(H,55,61)(H,62,63)/t31-,32-,37-,38-,39+,40+,41+,44+/m1/s1. The number of carbonyl (C=O) groups excluding carboxylic acids is 3. The van der Waals surface area contributed by atoms with Gasteiger partial charge in [0.05, 0.1) is 41.3 Å². The number of likely N-dealkylation sites (tertiary alicyclic amines) is 2. The number of aromatic nitrogens is 4. The maximum absolute atomic E-state index is 14.4. The molecule has 2 aliphatic carbocycles. The lowest BCUT2D eigenvalue weighted by molar-refractivity contribution is -0.141. The van der Waals surface area contributed by atoms with Crippen molar-refractivity contribution in [3.63, 3.8) is 0 Å². The molecule has 2 saturated carbocycles. The quantitative estimate of drug-likeness (QED) is 0.114. The number of H-pyrrole nitrogens is 2. The Balaban J connectivity index is 0.829. The van der Waals surface area contributed by atoms with Crippen LogP contribution in [-0.4, -0.2) is 115 Å². The number of carbonyl (C=O) groups is 4. The van der Waals surface area contributed by atoms with Gasteiger partial charge >= 0.3 is 12.2 Å². The largest absolute Gasteiger partial charge is 0.465 e. The van der Waals surface area contributed by atoms with Gasteiger partial charge in [-0.3, -0.25) is 14.5 Å². The summed E-state index contributed by atoms with van der Waals surface area (Å²) < 4.78 is 10.4. The number of benzene rings is 4. The highest BCUT2D eigenvalue weighted by molar-refractivity contribution is 6.06. The third kappa shape index (κ3) is 7.18. The molecular weight excluding hydrogens is 825 g/mol. The van der Waals surface area contributed by atoms with Gasteiger partial charge in [0.1, 0.15) is 23.7 Å². The van der Waals surface area contributed by atoms with Gasteiger partial charge in [-0.05, 0) is 109 Å². The molecule has 0 radical (unpaired) electrons. The fraction of sp³-hybridized carbons (Fsp3) is 0.440. The Morgan fingerprint density at radius 1 is 0.785 bits per heavy atom. The molecule has 334 valence electrons. The molecule has 15 nitrogen and oxygen atoms in total. The van der Waals surface area contributed by atoms with Crippen molar-refractivity contribution in [1.29, 1.82) is 0 Å². The topological polar surface area (TPSA) is 186 Å². The van der Waals surface area contributed by atoms with Crippen LogP contribution in [-0.2, 0) is 19.1 Å². The molecule has 65 heavy (non-hydrogen) atoms. The molecule has 11 rings (SSSR count). The van der Waals surface area contributed by atoms with E-state index in [2.05, 4.69) is 63.5 Å². The summed E-state index contributed by atoms with van der Waals surface area (Å²) in [6.07, 6.45) is 3.10. The second kappa shape index (κ2) is 15.8. The minimum atomic E-state index is -1.10. The molecule has 2 aromatic heterocycles. The van der Waals surface area contributed by atoms with Crippen LogP contribution < -0.4 is 5.32 Å². The molecule has 0 bridgehead atoms. The average molecular weight is 877 g/mol. The number of rotatable bonds is 8. The van der Waals surface area contributed by atoms with Gasteiger partial charge in [0, 0.05) is 54.2 Å². The van der Waals surface area contributed by atoms with Gasteiger partial charge in [-0.25, -0.2) is 19.6 Å². The van der Waals surface area contributed by atoms with Crippen molar-refractivity contribution in [2.75, 3.05) is 27.4 Å². The molecule has 5 heterocycles. The first-order valence-corrected chi connectivity index (χ1v) is 22.8. The summed E-state index contributed by atoms with van der Waals surface area (Å²) in [6.45, 7) is 4.89. The second-order valence-electron chi connectivity index (χ2n) is 19.1. The van der Waals surface area contributed by atoms with E-state index in [0.29, 0.717) is 37.9 Å².